The van der Waals surface area contributed by atoms with Crippen molar-refractivity contribution < 1.29 is 4.74 Å². The van der Waals surface area contributed by atoms with Crippen molar-refractivity contribution in [3.63, 3.8) is 0 Å². The Morgan fingerprint density at radius 2 is 1.74 bits per heavy atom. The van der Waals surface area contributed by atoms with Gasteiger partial charge in [0.2, 0.25) is 0 Å². The number of unbranched alkanes of at least 4 members (excludes halogenated alkanes) is 1. The van der Waals surface area contributed by atoms with Gasteiger partial charge in [0.25, 0.3) is 0 Å². The zero-order valence-corrected chi connectivity index (χ0v) is 16.7. The molecule has 0 bridgehead atoms. The first-order valence-corrected chi connectivity index (χ1v) is 10.4. The van der Waals surface area contributed by atoms with Gasteiger partial charge in [-0.3, -0.25) is 0 Å². The van der Waals surface area contributed by atoms with Gasteiger partial charge in [-0.1, -0.05) is 49.8 Å². The van der Waals surface area contributed by atoms with E-state index in [2.05, 4.69) is 53.3 Å². The van der Waals surface area contributed by atoms with Crippen LogP contribution in [0.3, 0.4) is 0 Å². The zero-order chi connectivity index (χ0) is 18.9. The van der Waals surface area contributed by atoms with Crippen LogP contribution in [0.4, 0.5) is 0 Å². The summed E-state index contributed by atoms with van der Waals surface area (Å²) in [4.78, 5) is 9.12. The molecule has 1 saturated carbocycles. The molecule has 3 nitrogen and oxygen atoms in total. The number of benzene rings is 1. The molecule has 0 aliphatic heterocycles. The van der Waals surface area contributed by atoms with Crippen LogP contribution in [0, 0.1) is 5.92 Å². The van der Waals surface area contributed by atoms with Crippen LogP contribution in [0.15, 0.2) is 48.8 Å². The maximum atomic E-state index is 5.10. The Morgan fingerprint density at radius 1 is 1.04 bits per heavy atom. The maximum Gasteiger partial charge on any atom is 0.159 e. The van der Waals surface area contributed by atoms with Gasteiger partial charge in [-0.15, -0.1) is 0 Å². The highest BCUT2D eigenvalue weighted by Crippen LogP contribution is 2.36. The highest BCUT2D eigenvalue weighted by Gasteiger charge is 2.20. The second-order valence-corrected chi connectivity index (χ2v) is 7.64. The van der Waals surface area contributed by atoms with E-state index < -0.39 is 0 Å². The number of nitrogens with zero attached hydrogens (tertiary/aromatic N) is 2. The van der Waals surface area contributed by atoms with Crippen LogP contribution in [0.25, 0.3) is 11.4 Å². The average molecular weight is 365 g/mol. The van der Waals surface area contributed by atoms with Gasteiger partial charge in [-0.25, -0.2) is 9.97 Å². The molecule has 0 amide bonds. The van der Waals surface area contributed by atoms with Gasteiger partial charge in [-0.05, 0) is 61.5 Å². The van der Waals surface area contributed by atoms with Crippen molar-refractivity contribution in [3.05, 3.63) is 59.9 Å². The minimum absolute atomic E-state index is 0.684. The molecule has 1 aromatic heterocycles. The van der Waals surface area contributed by atoms with Gasteiger partial charge in [-0.2, -0.15) is 0 Å². The fraction of sp³-hybridized carbons (Fsp3) is 0.500. The Bertz CT molecular complexity index is 698. The van der Waals surface area contributed by atoms with Crippen LogP contribution >= 0.6 is 0 Å². The Kier molecular flexibility index (Phi) is 7.58. The van der Waals surface area contributed by atoms with Gasteiger partial charge >= 0.3 is 0 Å². The van der Waals surface area contributed by atoms with Crippen LogP contribution in [0.5, 0.6) is 0 Å². The summed E-state index contributed by atoms with van der Waals surface area (Å²) >= 11 is 0. The van der Waals surface area contributed by atoms with Gasteiger partial charge in [0.1, 0.15) is 0 Å². The minimum Gasteiger partial charge on any atom is -0.381 e. The Balaban J connectivity index is 1.56. The second-order valence-electron chi connectivity index (χ2n) is 7.64. The molecule has 3 rings (SSSR count). The fourth-order valence-electron chi connectivity index (χ4n) is 3.91. The molecule has 0 saturated heterocycles. The highest BCUT2D eigenvalue weighted by atomic mass is 16.5. The highest BCUT2D eigenvalue weighted by molar-refractivity contribution is 5.55. The summed E-state index contributed by atoms with van der Waals surface area (Å²) in [6.45, 7) is 2.93. The first kappa shape index (κ1) is 19.8. The molecule has 2 aromatic rings. The monoisotopic (exact) mass is 364 g/mol. The van der Waals surface area contributed by atoms with E-state index in [1.165, 1.54) is 49.7 Å². The van der Waals surface area contributed by atoms with Crippen LogP contribution in [-0.4, -0.2) is 23.7 Å². The van der Waals surface area contributed by atoms with Crippen molar-refractivity contribution in [1.29, 1.82) is 0 Å². The molecule has 27 heavy (non-hydrogen) atoms. The molecular weight excluding hydrogens is 332 g/mol. The molecule has 144 valence electrons. The number of hydrogen-bond donors (Lipinski definition) is 0. The van der Waals surface area contributed by atoms with Gasteiger partial charge in [0.05, 0.1) is 6.61 Å². The van der Waals surface area contributed by atoms with E-state index in [4.69, 9.17) is 4.74 Å². The van der Waals surface area contributed by atoms with Crippen molar-refractivity contribution in [1.82, 2.24) is 9.97 Å². The SMILES string of the molecule is CCCCc1cnc(-c2ccc([C@H]3CC[C@H](/C=C/COC)CC3)cc2)nc1. The normalized spacial score (nSPS) is 20.2. The van der Waals surface area contributed by atoms with Crippen molar-refractivity contribution in [3.8, 4) is 11.4 Å². The standard InChI is InChI=1S/C24H32N2O/c1-3-4-6-20-17-25-24(26-18-20)23-14-12-22(13-15-23)21-10-8-19(9-11-21)7-5-16-27-2/h5,7,12-15,17-19,21H,3-4,6,8-11,16H2,1-2H3/b7-5+/t19-,21-. The lowest BCUT2D eigenvalue weighted by Gasteiger charge is -2.27. The van der Waals surface area contributed by atoms with E-state index >= 15 is 0 Å². The van der Waals surface area contributed by atoms with Crippen molar-refractivity contribution in [2.45, 2.75) is 57.8 Å². The number of aromatic nitrogens is 2. The molecule has 0 unspecified atom stereocenters. The third-order valence-electron chi connectivity index (χ3n) is 5.61. The fourth-order valence-corrected chi connectivity index (χ4v) is 3.91. The number of aryl methyl sites for hydroxylation is 1. The summed E-state index contributed by atoms with van der Waals surface area (Å²) in [5, 5.41) is 0. The molecule has 1 heterocycles. The lowest BCUT2D eigenvalue weighted by molar-refractivity contribution is 0.233. The molecule has 0 spiro atoms. The quantitative estimate of drug-likeness (QED) is 0.542. The van der Waals surface area contributed by atoms with Gasteiger partial charge in [0.15, 0.2) is 5.82 Å². The molecule has 0 atom stereocenters. The van der Waals surface area contributed by atoms with Crippen LogP contribution < -0.4 is 0 Å². The van der Waals surface area contributed by atoms with Gasteiger partial charge < -0.3 is 4.74 Å². The average Bonchev–Trinajstić information content (AvgIpc) is 2.73. The van der Waals surface area contributed by atoms with Crippen LogP contribution in [-0.2, 0) is 11.2 Å². The van der Waals surface area contributed by atoms with Crippen molar-refractivity contribution >= 4 is 0 Å². The minimum atomic E-state index is 0.684. The second kappa shape index (κ2) is 10.4. The van der Waals surface area contributed by atoms with Crippen LogP contribution in [0.2, 0.25) is 0 Å². The number of hydrogen-bond acceptors (Lipinski definition) is 3. The topological polar surface area (TPSA) is 35.0 Å². The lowest BCUT2D eigenvalue weighted by atomic mass is 9.78. The maximum absolute atomic E-state index is 5.10. The number of ether oxygens (including phenoxy) is 1. The van der Waals surface area contributed by atoms with E-state index in [1.807, 2.05) is 12.4 Å². The summed E-state index contributed by atoms with van der Waals surface area (Å²) in [6, 6.07) is 8.91. The summed E-state index contributed by atoms with van der Waals surface area (Å²) in [7, 11) is 1.75. The molecule has 1 aliphatic rings. The Hall–Kier alpha value is -2.00. The van der Waals surface area contributed by atoms with E-state index in [0.29, 0.717) is 5.92 Å². The summed E-state index contributed by atoms with van der Waals surface area (Å²) in [5.41, 5.74) is 3.79. The summed E-state index contributed by atoms with van der Waals surface area (Å²) < 4.78 is 5.10. The van der Waals surface area contributed by atoms with Crippen LogP contribution in [0.1, 0.15) is 62.5 Å². The van der Waals surface area contributed by atoms with E-state index in [1.54, 1.807) is 7.11 Å². The van der Waals surface area contributed by atoms with E-state index in [-0.39, 0.29) is 0 Å². The largest absolute Gasteiger partial charge is 0.381 e. The third kappa shape index (κ3) is 5.74. The number of allylic oxidation sites excluding steroid dienone is 1. The molecule has 1 aromatic carbocycles. The predicted octanol–water partition coefficient (Wildman–Crippen LogP) is 5.96. The molecule has 3 heteroatoms. The molecule has 0 radical (unpaired) electrons. The first-order chi connectivity index (χ1) is 13.3. The van der Waals surface area contributed by atoms with Gasteiger partial charge in [0, 0.05) is 25.1 Å². The molecule has 0 N–H and O–H groups in total. The van der Waals surface area contributed by atoms with E-state index in [0.717, 1.165) is 30.3 Å². The number of rotatable bonds is 8. The lowest BCUT2D eigenvalue weighted by Crippen LogP contribution is -2.11. The third-order valence-corrected chi connectivity index (χ3v) is 5.61. The zero-order valence-electron chi connectivity index (χ0n) is 16.7. The smallest absolute Gasteiger partial charge is 0.159 e. The number of methoxy groups -OCH3 is 1. The Labute approximate surface area is 163 Å². The Morgan fingerprint density at radius 3 is 2.37 bits per heavy atom. The van der Waals surface area contributed by atoms with Crippen molar-refractivity contribution in [2.75, 3.05) is 13.7 Å². The summed E-state index contributed by atoms with van der Waals surface area (Å²) in [6.07, 6.45) is 17.0. The predicted molar refractivity (Wildman–Crippen MR) is 112 cm³/mol. The molecule has 1 fully saturated rings. The summed E-state index contributed by atoms with van der Waals surface area (Å²) in [5.74, 6) is 2.23. The van der Waals surface area contributed by atoms with Crippen molar-refractivity contribution in [2.24, 2.45) is 5.92 Å². The molecular formula is C24H32N2O. The molecule has 1 aliphatic carbocycles. The van der Waals surface area contributed by atoms with E-state index in [9.17, 15) is 0 Å². The first-order valence-electron chi connectivity index (χ1n) is 10.4.